The normalized spacial score (nSPS) is 10.5. The molecule has 1 amide bonds. The van der Waals surface area contributed by atoms with Crippen molar-refractivity contribution in [2.75, 3.05) is 0 Å². The summed E-state index contributed by atoms with van der Waals surface area (Å²) in [6, 6.07) is 1.83. The summed E-state index contributed by atoms with van der Waals surface area (Å²) in [5.41, 5.74) is 2.37. The largest absolute Gasteiger partial charge is 0.286 e. The van der Waals surface area contributed by atoms with Crippen LogP contribution in [0.4, 0.5) is 0 Å². The minimum absolute atomic E-state index is 0.0114. The van der Waals surface area contributed by atoms with Gasteiger partial charge in [0.15, 0.2) is 0 Å². The van der Waals surface area contributed by atoms with Crippen LogP contribution in [0.3, 0.4) is 0 Å². The molecule has 13 heavy (non-hydrogen) atoms. The molecule has 1 rings (SSSR count). The molecule has 0 radical (unpaired) electrons. The number of carbonyl (C=O) groups is 1. The number of amides is 1. The fourth-order valence-electron chi connectivity index (χ4n) is 0.673. The topological polar surface area (TPSA) is 38.3 Å². The predicted octanol–water partition coefficient (Wildman–Crippen LogP) is 2.58. The second kappa shape index (κ2) is 4.74. The van der Waals surface area contributed by atoms with Gasteiger partial charge in [-0.05, 0) is 41.2 Å². The monoisotopic (exact) mass is 263 g/mol. The van der Waals surface area contributed by atoms with Crippen LogP contribution in [-0.2, 0) is 4.84 Å². The Labute approximate surface area is 89.2 Å². The number of thiophene rings is 1. The fraction of sp³-hybridized carbons (Fsp3) is 0.375. The van der Waals surface area contributed by atoms with Crippen molar-refractivity contribution in [1.29, 1.82) is 0 Å². The summed E-state index contributed by atoms with van der Waals surface area (Å²) in [6.07, 6.45) is -0.0114. The first-order chi connectivity index (χ1) is 6.11. The highest BCUT2D eigenvalue weighted by atomic mass is 79.9. The second-order valence-corrected chi connectivity index (χ2v) is 4.47. The molecular formula is C8H10BrNO2S. The van der Waals surface area contributed by atoms with E-state index in [-0.39, 0.29) is 12.0 Å². The molecule has 5 heteroatoms. The zero-order chi connectivity index (χ0) is 9.84. The number of rotatable bonds is 3. The van der Waals surface area contributed by atoms with Crippen LogP contribution in [0.2, 0.25) is 0 Å². The van der Waals surface area contributed by atoms with Gasteiger partial charge in [0.1, 0.15) is 4.88 Å². The van der Waals surface area contributed by atoms with Crippen LogP contribution >= 0.6 is 27.3 Å². The van der Waals surface area contributed by atoms with Gasteiger partial charge in [-0.25, -0.2) is 5.48 Å². The van der Waals surface area contributed by atoms with Gasteiger partial charge in [-0.15, -0.1) is 11.3 Å². The molecule has 3 nitrogen and oxygen atoms in total. The zero-order valence-corrected chi connectivity index (χ0v) is 9.74. The molecule has 0 saturated heterocycles. The molecule has 1 N–H and O–H groups in total. The maximum absolute atomic E-state index is 11.4. The van der Waals surface area contributed by atoms with Crippen LogP contribution in [0, 0.1) is 0 Å². The van der Waals surface area contributed by atoms with Gasteiger partial charge < -0.3 is 0 Å². The minimum Gasteiger partial charge on any atom is -0.271 e. The van der Waals surface area contributed by atoms with Gasteiger partial charge in [0.2, 0.25) is 0 Å². The van der Waals surface area contributed by atoms with Crippen molar-refractivity contribution in [3.63, 3.8) is 0 Å². The van der Waals surface area contributed by atoms with E-state index in [1.807, 2.05) is 25.3 Å². The van der Waals surface area contributed by atoms with Crippen LogP contribution in [-0.4, -0.2) is 12.0 Å². The Balaban J connectivity index is 2.54. The summed E-state index contributed by atoms with van der Waals surface area (Å²) in [6.45, 7) is 3.70. The number of halogens is 1. The van der Waals surface area contributed by atoms with E-state index in [1.165, 1.54) is 11.3 Å². The Morgan fingerprint density at radius 3 is 2.85 bits per heavy atom. The van der Waals surface area contributed by atoms with E-state index in [2.05, 4.69) is 21.4 Å². The molecule has 0 saturated carbocycles. The van der Waals surface area contributed by atoms with Crippen LogP contribution in [0.5, 0.6) is 0 Å². The molecule has 0 aliphatic heterocycles. The van der Waals surface area contributed by atoms with Crippen molar-refractivity contribution in [3.8, 4) is 0 Å². The molecule has 1 aromatic heterocycles. The Hall–Kier alpha value is -0.390. The van der Waals surface area contributed by atoms with Crippen LogP contribution in [0.15, 0.2) is 15.9 Å². The highest BCUT2D eigenvalue weighted by Gasteiger charge is 2.11. The SMILES string of the molecule is CC(C)ONC(=O)c1sccc1Br. The maximum Gasteiger partial charge on any atom is 0.286 e. The van der Waals surface area contributed by atoms with E-state index < -0.39 is 0 Å². The number of hydrogen-bond acceptors (Lipinski definition) is 3. The third-order valence-electron chi connectivity index (χ3n) is 1.21. The molecule has 0 bridgehead atoms. The molecule has 1 heterocycles. The lowest BCUT2D eigenvalue weighted by molar-refractivity contribution is 0.000420. The van der Waals surface area contributed by atoms with Crippen LogP contribution in [0.1, 0.15) is 23.5 Å². The van der Waals surface area contributed by atoms with E-state index in [0.29, 0.717) is 4.88 Å². The van der Waals surface area contributed by atoms with Crippen molar-refractivity contribution in [2.24, 2.45) is 0 Å². The fourth-order valence-corrected chi connectivity index (χ4v) is 2.11. The lowest BCUT2D eigenvalue weighted by Crippen LogP contribution is -2.26. The third kappa shape index (κ3) is 3.10. The van der Waals surface area contributed by atoms with Crippen molar-refractivity contribution in [2.45, 2.75) is 20.0 Å². The highest BCUT2D eigenvalue weighted by Crippen LogP contribution is 2.22. The summed E-state index contributed by atoms with van der Waals surface area (Å²) in [7, 11) is 0. The molecule has 72 valence electrons. The number of carbonyl (C=O) groups excluding carboxylic acids is 1. The molecule has 0 unspecified atom stereocenters. The summed E-state index contributed by atoms with van der Waals surface area (Å²) in [5, 5.41) is 1.84. The molecule has 1 aromatic rings. The molecule has 0 spiro atoms. The number of hydrogen-bond donors (Lipinski definition) is 1. The van der Waals surface area contributed by atoms with E-state index in [4.69, 9.17) is 4.84 Å². The average molecular weight is 264 g/mol. The molecule has 0 aromatic carbocycles. The Kier molecular flexibility index (Phi) is 3.90. The molecular weight excluding hydrogens is 254 g/mol. The van der Waals surface area contributed by atoms with Gasteiger partial charge in [0.25, 0.3) is 5.91 Å². The quantitative estimate of drug-likeness (QED) is 0.852. The molecule has 0 fully saturated rings. The maximum atomic E-state index is 11.4. The average Bonchev–Trinajstić information content (AvgIpc) is 2.47. The molecule has 0 atom stereocenters. The Morgan fingerprint density at radius 1 is 1.69 bits per heavy atom. The molecule has 0 aliphatic rings. The first-order valence-corrected chi connectivity index (χ1v) is 5.47. The summed E-state index contributed by atoms with van der Waals surface area (Å²) < 4.78 is 0.794. The van der Waals surface area contributed by atoms with Crippen molar-refractivity contribution in [3.05, 3.63) is 20.8 Å². The second-order valence-electron chi connectivity index (χ2n) is 2.70. The highest BCUT2D eigenvalue weighted by molar-refractivity contribution is 9.10. The van der Waals surface area contributed by atoms with Gasteiger partial charge in [0.05, 0.1) is 6.10 Å². The third-order valence-corrected chi connectivity index (χ3v) is 3.05. The number of nitrogens with one attached hydrogen (secondary N) is 1. The molecule has 0 aliphatic carbocycles. The van der Waals surface area contributed by atoms with Crippen LogP contribution < -0.4 is 5.48 Å². The first-order valence-electron chi connectivity index (χ1n) is 3.80. The lowest BCUT2D eigenvalue weighted by Gasteiger charge is -2.07. The smallest absolute Gasteiger partial charge is 0.271 e. The van der Waals surface area contributed by atoms with Gasteiger partial charge in [0, 0.05) is 4.47 Å². The summed E-state index contributed by atoms with van der Waals surface area (Å²) in [5.74, 6) is -0.212. The minimum atomic E-state index is -0.212. The lowest BCUT2D eigenvalue weighted by atomic mass is 10.4. The van der Waals surface area contributed by atoms with E-state index in [0.717, 1.165) is 4.47 Å². The number of hydroxylamine groups is 1. The van der Waals surface area contributed by atoms with E-state index >= 15 is 0 Å². The predicted molar refractivity (Wildman–Crippen MR) is 55.7 cm³/mol. The zero-order valence-electron chi connectivity index (χ0n) is 7.33. The summed E-state index contributed by atoms with van der Waals surface area (Å²) >= 11 is 4.64. The standard InChI is InChI=1S/C8H10BrNO2S/c1-5(2)12-10-8(11)7-6(9)3-4-13-7/h3-5H,1-2H3,(H,10,11). The van der Waals surface area contributed by atoms with Crippen molar-refractivity contribution in [1.82, 2.24) is 5.48 Å². The van der Waals surface area contributed by atoms with E-state index in [1.54, 1.807) is 0 Å². The van der Waals surface area contributed by atoms with Crippen LogP contribution in [0.25, 0.3) is 0 Å². The summed E-state index contributed by atoms with van der Waals surface area (Å²) in [4.78, 5) is 17.0. The van der Waals surface area contributed by atoms with Crippen molar-refractivity contribution >= 4 is 33.2 Å². The van der Waals surface area contributed by atoms with Gasteiger partial charge in [-0.3, -0.25) is 9.63 Å². The Bertz CT molecular complexity index is 298. The first kappa shape index (κ1) is 10.7. The van der Waals surface area contributed by atoms with Crippen molar-refractivity contribution < 1.29 is 9.63 Å². The van der Waals surface area contributed by atoms with E-state index in [9.17, 15) is 4.79 Å². The van der Waals surface area contributed by atoms with Gasteiger partial charge in [-0.2, -0.15) is 0 Å². The van der Waals surface area contributed by atoms with Gasteiger partial charge in [-0.1, -0.05) is 0 Å². The van der Waals surface area contributed by atoms with Gasteiger partial charge >= 0.3 is 0 Å². The Morgan fingerprint density at radius 2 is 2.38 bits per heavy atom.